The first-order chi connectivity index (χ1) is 16.9. The van der Waals surface area contributed by atoms with E-state index < -0.39 is 16.6 Å². The zero-order chi connectivity index (χ0) is 24.5. The Morgan fingerprint density at radius 2 is 1.91 bits per heavy atom. The number of carbonyl (C=O) groups excluding carboxylic acids is 1. The van der Waals surface area contributed by atoms with E-state index in [0.29, 0.717) is 28.4 Å². The number of benzene rings is 3. The number of aromatic nitrogens is 1. The molecule has 1 aliphatic heterocycles. The SMILES string of the molecule is CC1CCN(c2ccc(C(=O)Nc3ccc4oc(-c5ccccc5F)nc4c3)cc2[N+](=O)[O-])CC1. The van der Waals surface area contributed by atoms with Gasteiger partial charge in [-0.3, -0.25) is 14.9 Å². The van der Waals surface area contributed by atoms with Gasteiger partial charge < -0.3 is 14.6 Å². The van der Waals surface area contributed by atoms with Gasteiger partial charge in [-0.15, -0.1) is 0 Å². The molecule has 9 heteroatoms. The maximum absolute atomic E-state index is 14.1. The van der Waals surface area contributed by atoms with Crippen LogP contribution in [0.2, 0.25) is 0 Å². The van der Waals surface area contributed by atoms with Crippen LogP contribution in [0.4, 0.5) is 21.5 Å². The summed E-state index contributed by atoms with van der Waals surface area (Å²) >= 11 is 0. The molecule has 0 radical (unpaired) electrons. The molecule has 0 unspecified atom stereocenters. The van der Waals surface area contributed by atoms with Gasteiger partial charge in [0.05, 0.1) is 10.5 Å². The van der Waals surface area contributed by atoms with Crippen molar-refractivity contribution in [1.29, 1.82) is 0 Å². The topological polar surface area (TPSA) is 102 Å². The van der Waals surface area contributed by atoms with E-state index in [0.717, 1.165) is 25.9 Å². The fourth-order valence-electron chi connectivity index (χ4n) is 4.29. The molecule has 178 valence electrons. The van der Waals surface area contributed by atoms with Crippen molar-refractivity contribution in [2.45, 2.75) is 19.8 Å². The summed E-state index contributed by atoms with van der Waals surface area (Å²) in [6.07, 6.45) is 1.95. The number of nitro groups is 1. The van der Waals surface area contributed by atoms with Crippen LogP contribution in [0.1, 0.15) is 30.1 Å². The Kier molecular flexibility index (Phi) is 5.90. The molecule has 1 aromatic heterocycles. The van der Waals surface area contributed by atoms with Crippen molar-refractivity contribution in [1.82, 2.24) is 4.98 Å². The first kappa shape index (κ1) is 22.5. The molecule has 0 spiro atoms. The number of nitrogens with zero attached hydrogens (tertiary/aromatic N) is 3. The van der Waals surface area contributed by atoms with Gasteiger partial charge in [0, 0.05) is 30.4 Å². The molecule has 1 N–H and O–H groups in total. The van der Waals surface area contributed by atoms with Gasteiger partial charge in [0.1, 0.15) is 17.0 Å². The number of nitrogens with one attached hydrogen (secondary N) is 1. The van der Waals surface area contributed by atoms with E-state index in [4.69, 9.17) is 4.42 Å². The molecule has 8 nitrogen and oxygen atoms in total. The molecule has 0 saturated carbocycles. The lowest BCUT2D eigenvalue weighted by molar-refractivity contribution is -0.384. The largest absolute Gasteiger partial charge is 0.436 e. The minimum atomic E-state index is -0.482. The molecule has 3 aromatic carbocycles. The van der Waals surface area contributed by atoms with Crippen LogP contribution in [0, 0.1) is 21.8 Å². The number of amides is 1. The quantitative estimate of drug-likeness (QED) is 0.280. The van der Waals surface area contributed by atoms with Gasteiger partial charge in [-0.05, 0) is 61.2 Å². The molecule has 1 saturated heterocycles. The van der Waals surface area contributed by atoms with E-state index in [2.05, 4.69) is 17.2 Å². The summed E-state index contributed by atoms with van der Waals surface area (Å²) in [6.45, 7) is 3.68. The van der Waals surface area contributed by atoms with Crippen molar-refractivity contribution >= 4 is 34.1 Å². The number of hydrogen-bond acceptors (Lipinski definition) is 6. The molecule has 0 bridgehead atoms. The van der Waals surface area contributed by atoms with Gasteiger partial charge in [-0.25, -0.2) is 9.37 Å². The van der Waals surface area contributed by atoms with Crippen molar-refractivity contribution in [2.75, 3.05) is 23.3 Å². The molecule has 1 aliphatic rings. The summed E-state index contributed by atoms with van der Waals surface area (Å²) in [5.74, 6) is -0.194. The first-order valence-corrected chi connectivity index (χ1v) is 11.4. The summed E-state index contributed by atoms with van der Waals surface area (Å²) in [5.41, 5.74) is 2.19. The number of oxazole rings is 1. The average molecular weight is 474 g/mol. The van der Waals surface area contributed by atoms with Gasteiger partial charge in [0.25, 0.3) is 11.6 Å². The van der Waals surface area contributed by atoms with Crippen LogP contribution >= 0.6 is 0 Å². The second kappa shape index (κ2) is 9.17. The number of carbonyl (C=O) groups is 1. The lowest BCUT2D eigenvalue weighted by Gasteiger charge is -2.31. The number of nitro benzene ring substituents is 1. The number of fused-ring (bicyclic) bond motifs is 1. The summed E-state index contributed by atoms with van der Waals surface area (Å²) in [7, 11) is 0. The predicted molar refractivity (Wildman–Crippen MR) is 131 cm³/mol. The first-order valence-electron chi connectivity index (χ1n) is 11.4. The maximum Gasteiger partial charge on any atom is 0.293 e. The molecule has 35 heavy (non-hydrogen) atoms. The fraction of sp³-hybridized carbons (Fsp3) is 0.231. The Bertz CT molecular complexity index is 1430. The van der Waals surface area contributed by atoms with E-state index in [9.17, 15) is 19.3 Å². The summed E-state index contributed by atoms with van der Waals surface area (Å²) < 4.78 is 19.7. The van der Waals surface area contributed by atoms with E-state index >= 15 is 0 Å². The normalized spacial score (nSPS) is 14.3. The Labute approximate surface area is 200 Å². The number of halogens is 1. The van der Waals surface area contributed by atoms with Gasteiger partial charge in [-0.1, -0.05) is 19.1 Å². The highest BCUT2D eigenvalue weighted by molar-refractivity contribution is 6.05. The van der Waals surface area contributed by atoms with Crippen molar-refractivity contribution < 1.29 is 18.5 Å². The minimum Gasteiger partial charge on any atom is -0.436 e. The maximum atomic E-state index is 14.1. The van der Waals surface area contributed by atoms with Crippen LogP contribution in [0.15, 0.2) is 65.1 Å². The molecule has 4 aromatic rings. The zero-order valence-electron chi connectivity index (χ0n) is 19.0. The van der Waals surface area contributed by atoms with Crippen molar-refractivity contribution in [3.05, 3.63) is 82.2 Å². The summed E-state index contributed by atoms with van der Waals surface area (Å²) in [4.78, 5) is 30.5. The molecule has 2 heterocycles. The van der Waals surface area contributed by atoms with Crippen LogP contribution in [0.5, 0.6) is 0 Å². The Hall–Kier alpha value is -4.27. The Morgan fingerprint density at radius 3 is 2.66 bits per heavy atom. The lowest BCUT2D eigenvalue weighted by Crippen LogP contribution is -2.33. The van der Waals surface area contributed by atoms with E-state index in [1.165, 1.54) is 12.1 Å². The molecule has 5 rings (SSSR count). The number of hydrogen-bond donors (Lipinski definition) is 1. The van der Waals surface area contributed by atoms with Gasteiger partial charge >= 0.3 is 0 Å². The predicted octanol–water partition coefficient (Wildman–Crippen LogP) is 6.03. The molecular weight excluding hydrogens is 451 g/mol. The monoisotopic (exact) mass is 474 g/mol. The third-order valence-electron chi connectivity index (χ3n) is 6.31. The van der Waals surface area contributed by atoms with E-state index in [1.54, 1.807) is 48.5 Å². The van der Waals surface area contributed by atoms with Crippen LogP contribution < -0.4 is 10.2 Å². The smallest absolute Gasteiger partial charge is 0.293 e. The van der Waals surface area contributed by atoms with Crippen molar-refractivity contribution in [3.63, 3.8) is 0 Å². The second-order valence-corrected chi connectivity index (χ2v) is 8.77. The molecule has 1 amide bonds. The number of rotatable bonds is 5. The lowest BCUT2D eigenvalue weighted by atomic mass is 9.98. The molecule has 0 atom stereocenters. The van der Waals surface area contributed by atoms with Crippen LogP contribution in [0.3, 0.4) is 0 Å². The third kappa shape index (κ3) is 4.57. The Balaban J connectivity index is 1.38. The van der Waals surface area contributed by atoms with Crippen LogP contribution in [-0.4, -0.2) is 28.9 Å². The highest BCUT2D eigenvalue weighted by atomic mass is 19.1. The molecule has 1 fully saturated rings. The van der Waals surface area contributed by atoms with Crippen LogP contribution in [0.25, 0.3) is 22.6 Å². The highest BCUT2D eigenvalue weighted by Crippen LogP contribution is 2.33. The van der Waals surface area contributed by atoms with Gasteiger partial charge in [0.2, 0.25) is 5.89 Å². The second-order valence-electron chi connectivity index (χ2n) is 8.77. The van der Waals surface area contributed by atoms with Crippen molar-refractivity contribution in [3.8, 4) is 11.5 Å². The highest BCUT2D eigenvalue weighted by Gasteiger charge is 2.25. The summed E-state index contributed by atoms with van der Waals surface area (Å²) in [5, 5.41) is 14.5. The minimum absolute atomic E-state index is 0.0892. The van der Waals surface area contributed by atoms with E-state index in [1.807, 2.05) is 4.90 Å². The Morgan fingerprint density at radius 1 is 1.14 bits per heavy atom. The standard InChI is InChI=1S/C26H23FN4O4/c1-16-10-12-30(13-11-16)22-8-6-17(14-23(22)31(33)34)25(32)28-18-7-9-24-21(15-18)29-26(35-24)19-4-2-3-5-20(19)27/h2-9,14-16H,10-13H2,1H3,(H,28,32). The molecule has 0 aliphatic carbocycles. The zero-order valence-corrected chi connectivity index (χ0v) is 19.0. The number of piperidine rings is 1. The number of anilines is 2. The third-order valence-corrected chi connectivity index (χ3v) is 6.31. The van der Waals surface area contributed by atoms with E-state index in [-0.39, 0.29) is 22.7 Å². The van der Waals surface area contributed by atoms with Crippen molar-refractivity contribution in [2.24, 2.45) is 5.92 Å². The van der Waals surface area contributed by atoms with Crippen LogP contribution in [-0.2, 0) is 0 Å². The van der Waals surface area contributed by atoms with Gasteiger partial charge in [-0.2, -0.15) is 0 Å². The van der Waals surface area contributed by atoms with Gasteiger partial charge in [0.15, 0.2) is 5.58 Å². The average Bonchev–Trinajstić information content (AvgIpc) is 3.27. The fourth-order valence-corrected chi connectivity index (χ4v) is 4.29. The summed E-state index contributed by atoms with van der Waals surface area (Å²) in [6, 6.07) is 15.6. The molecular formula is C26H23FN4O4.